The topological polar surface area (TPSA) is 43.4 Å². The lowest BCUT2D eigenvalue weighted by molar-refractivity contribution is 0.0830. The van der Waals surface area contributed by atoms with Crippen molar-refractivity contribution in [2.45, 2.75) is 57.4 Å². The van der Waals surface area contributed by atoms with Crippen molar-refractivity contribution in [3.63, 3.8) is 0 Å². The lowest BCUT2D eigenvalue weighted by atomic mass is 10.1. The van der Waals surface area contributed by atoms with Gasteiger partial charge in [-0.25, -0.2) is 4.98 Å². The van der Waals surface area contributed by atoms with Gasteiger partial charge < -0.3 is 14.8 Å². The van der Waals surface area contributed by atoms with E-state index in [4.69, 9.17) is 9.47 Å². The van der Waals surface area contributed by atoms with Crippen molar-refractivity contribution in [1.29, 1.82) is 0 Å². The molecule has 4 nitrogen and oxygen atoms in total. The highest BCUT2D eigenvalue weighted by molar-refractivity contribution is 7.09. The normalized spacial score (nSPS) is 28.9. The van der Waals surface area contributed by atoms with E-state index in [2.05, 4.69) is 22.6 Å². The Morgan fingerprint density at radius 2 is 2.21 bits per heavy atom. The fourth-order valence-corrected chi connectivity index (χ4v) is 3.62. The maximum absolute atomic E-state index is 5.69. The Morgan fingerprint density at radius 1 is 1.37 bits per heavy atom. The summed E-state index contributed by atoms with van der Waals surface area (Å²) < 4.78 is 11.4. The van der Waals surface area contributed by atoms with Gasteiger partial charge in [-0.15, -0.1) is 11.3 Å². The number of aromatic nitrogens is 1. The second-order valence-electron chi connectivity index (χ2n) is 5.40. The molecule has 106 valence electrons. The van der Waals surface area contributed by atoms with Crippen LogP contribution < -0.4 is 5.32 Å². The third-order valence-corrected chi connectivity index (χ3v) is 4.89. The monoisotopic (exact) mass is 282 g/mol. The van der Waals surface area contributed by atoms with Crippen LogP contribution in [0.25, 0.3) is 0 Å². The Labute approximate surface area is 118 Å². The van der Waals surface area contributed by atoms with E-state index in [1.54, 1.807) is 11.3 Å². The molecular formula is C14H22N2O2S. The molecule has 0 aromatic carbocycles. The summed E-state index contributed by atoms with van der Waals surface area (Å²) in [5.74, 6) is 0. The molecule has 2 aliphatic rings. The molecule has 0 bridgehead atoms. The summed E-state index contributed by atoms with van der Waals surface area (Å²) >= 11 is 1.72. The summed E-state index contributed by atoms with van der Waals surface area (Å²) in [7, 11) is 0. The predicted molar refractivity (Wildman–Crippen MR) is 75.3 cm³/mol. The first-order valence-corrected chi connectivity index (χ1v) is 8.12. The maximum Gasteiger partial charge on any atom is 0.122 e. The van der Waals surface area contributed by atoms with Gasteiger partial charge in [0.1, 0.15) is 11.1 Å². The molecule has 5 heteroatoms. The summed E-state index contributed by atoms with van der Waals surface area (Å²) in [6.45, 7) is 4.82. The molecule has 0 radical (unpaired) electrons. The minimum atomic E-state index is 0.245. The number of rotatable bonds is 5. The highest BCUT2D eigenvalue weighted by Gasteiger charge is 2.23. The Bertz CT molecular complexity index is 398. The van der Waals surface area contributed by atoms with Crippen LogP contribution in [-0.4, -0.2) is 30.3 Å². The second-order valence-corrected chi connectivity index (χ2v) is 6.29. The van der Waals surface area contributed by atoms with Crippen LogP contribution in [0, 0.1) is 0 Å². The van der Waals surface area contributed by atoms with E-state index in [1.807, 2.05) is 0 Å². The Balaban J connectivity index is 1.49. The summed E-state index contributed by atoms with van der Waals surface area (Å²) in [5, 5.41) is 6.81. The fraction of sp³-hybridized carbons (Fsp3) is 0.786. The van der Waals surface area contributed by atoms with Crippen LogP contribution in [0.4, 0.5) is 0 Å². The van der Waals surface area contributed by atoms with Gasteiger partial charge in [0.15, 0.2) is 0 Å². The smallest absolute Gasteiger partial charge is 0.122 e. The van der Waals surface area contributed by atoms with Crippen LogP contribution in [-0.2, 0) is 16.0 Å². The molecule has 2 fully saturated rings. The van der Waals surface area contributed by atoms with E-state index in [1.165, 1.54) is 12.8 Å². The third kappa shape index (κ3) is 3.34. The molecule has 0 spiro atoms. The van der Waals surface area contributed by atoms with Crippen LogP contribution >= 0.6 is 11.3 Å². The van der Waals surface area contributed by atoms with Gasteiger partial charge >= 0.3 is 0 Å². The number of hydrogen-bond donors (Lipinski definition) is 1. The predicted octanol–water partition coefficient (Wildman–Crippen LogP) is 2.65. The molecule has 0 amide bonds. The largest absolute Gasteiger partial charge is 0.377 e. The molecule has 1 aromatic rings. The van der Waals surface area contributed by atoms with Crippen molar-refractivity contribution < 1.29 is 9.47 Å². The second kappa shape index (κ2) is 6.31. The van der Waals surface area contributed by atoms with E-state index < -0.39 is 0 Å². The molecule has 3 unspecified atom stereocenters. The van der Waals surface area contributed by atoms with Crippen molar-refractivity contribution in [2.75, 3.05) is 13.2 Å². The highest BCUT2D eigenvalue weighted by atomic mass is 32.1. The SMILES string of the molecule is CC(NCc1csc(C2CCCO2)n1)C1CCCO1. The van der Waals surface area contributed by atoms with Crippen LogP contribution in [0.2, 0.25) is 0 Å². The minimum Gasteiger partial charge on any atom is -0.377 e. The molecule has 2 aliphatic heterocycles. The summed E-state index contributed by atoms with van der Waals surface area (Å²) in [4.78, 5) is 4.68. The molecule has 2 saturated heterocycles. The van der Waals surface area contributed by atoms with Gasteiger partial charge in [-0.05, 0) is 32.6 Å². The van der Waals surface area contributed by atoms with E-state index in [-0.39, 0.29) is 6.10 Å². The van der Waals surface area contributed by atoms with Crippen molar-refractivity contribution in [3.05, 3.63) is 16.1 Å². The maximum atomic E-state index is 5.69. The Kier molecular flexibility index (Phi) is 4.48. The number of nitrogens with one attached hydrogen (secondary N) is 1. The van der Waals surface area contributed by atoms with Crippen LogP contribution in [0.3, 0.4) is 0 Å². The Morgan fingerprint density at radius 3 is 2.95 bits per heavy atom. The third-order valence-electron chi connectivity index (χ3n) is 3.90. The number of ether oxygens (including phenoxy) is 2. The van der Waals surface area contributed by atoms with E-state index in [0.717, 1.165) is 43.3 Å². The molecular weight excluding hydrogens is 260 g/mol. The first-order valence-electron chi connectivity index (χ1n) is 7.24. The van der Waals surface area contributed by atoms with Crippen molar-refractivity contribution in [3.8, 4) is 0 Å². The van der Waals surface area contributed by atoms with Gasteiger partial charge in [0.05, 0.1) is 11.8 Å². The van der Waals surface area contributed by atoms with Crippen LogP contribution in [0.1, 0.15) is 49.4 Å². The van der Waals surface area contributed by atoms with E-state index in [0.29, 0.717) is 12.1 Å². The summed E-state index contributed by atoms with van der Waals surface area (Å²) in [6, 6.07) is 0.399. The molecule has 0 saturated carbocycles. The lowest BCUT2D eigenvalue weighted by Crippen LogP contribution is -2.36. The molecule has 1 aromatic heterocycles. The molecule has 3 rings (SSSR count). The summed E-state index contributed by atoms with van der Waals surface area (Å²) in [5.41, 5.74) is 1.13. The molecule has 0 aliphatic carbocycles. The number of thiazole rings is 1. The van der Waals surface area contributed by atoms with Crippen LogP contribution in [0.5, 0.6) is 0 Å². The standard InChI is InChI=1S/C14H22N2O2S/c1-10(12-4-2-6-17-12)15-8-11-9-19-14(16-11)13-5-3-7-18-13/h9-10,12-13,15H,2-8H2,1H3. The van der Waals surface area contributed by atoms with Gasteiger partial charge in [-0.3, -0.25) is 0 Å². The number of nitrogens with zero attached hydrogens (tertiary/aromatic N) is 1. The average Bonchev–Trinajstić information content (AvgIpc) is 3.14. The van der Waals surface area contributed by atoms with Gasteiger partial charge in [0.2, 0.25) is 0 Å². The van der Waals surface area contributed by atoms with Crippen LogP contribution in [0.15, 0.2) is 5.38 Å². The van der Waals surface area contributed by atoms with Crippen molar-refractivity contribution in [1.82, 2.24) is 10.3 Å². The first-order chi connectivity index (χ1) is 9.33. The average molecular weight is 282 g/mol. The van der Waals surface area contributed by atoms with E-state index >= 15 is 0 Å². The van der Waals surface area contributed by atoms with Gasteiger partial charge in [0, 0.05) is 31.2 Å². The fourth-order valence-electron chi connectivity index (χ4n) is 2.72. The van der Waals surface area contributed by atoms with Crippen molar-refractivity contribution >= 4 is 11.3 Å². The molecule has 1 N–H and O–H groups in total. The highest BCUT2D eigenvalue weighted by Crippen LogP contribution is 2.30. The summed E-state index contributed by atoms with van der Waals surface area (Å²) in [6.07, 6.45) is 5.26. The number of hydrogen-bond acceptors (Lipinski definition) is 5. The zero-order chi connectivity index (χ0) is 13.1. The molecule has 3 heterocycles. The van der Waals surface area contributed by atoms with Crippen molar-refractivity contribution in [2.24, 2.45) is 0 Å². The van der Waals surface area contributed by atoms with Gasteiger partial charge in [-0.1, -0.05) is 0 Å². The van der Waals surface area contributed by atoms with Gasteiger partial charge in [0.25, 0.3) is 0 Å². The molecule has 19 heavy (non-hydrogen) atoms. The minimum absolute atomic E-state index is 0.245. The lowest BCUT2D eigenvalue weighted by Gasteiger charge is -2.19. The Hall–Kier alpha value is -0.490. The first kappa shape index (κ1) is 13.5. The molecule has 3 atom stereocenters. The zero-order valence-corrected chi connectivity index (χ0v) is 12.2. The van der Waals surface area contributed by atoms with E-state index in [9.17, 15) is 0 Å². The van der Waals surface area contributed by atoms with Gasteiger partial charge in [-0.2, -0.15) is 0 Å². The quantitative estimate of drug-likeness (QED) is 0.901. The zero-order valence-electron chi connectivity index (χ0n) is 11.4.